The Hall–Kier alpha value is -2.99. The summed E-state index contributed by atoms with van der Waals surface area (Å²) in [6, 6.07) is 14.7. The van der Waals surface area contributed by atoms with Gasteiger partial charge in [0.1, 0.15) is 10.8 Å². The molecule has 5 nitrogen and oxygen atoms in total. The molecule has 3 rings (SSSR count). The van der Waals surface area contributed by atoms with E-state index in [-0.39, 0.29) is 18.1 Å². The Morgan fingerprint density at radius 3 is 2.56 bits per heavy atom. The highest BCUT2D eigenvalue weighted by atomic mass is 32.1. The van der Waals surface area contributed by atoms with Crippen LogP contribution in [0.1, 0.15) is 29.9 Å². The van der Waals surface area contributed by atoms with Crippen molar-refractivity contribution in [1.82, 2.24) is 4.98 Å². The summed E-state index contributed by atoms with van der Waals surface area (Å²) in [5, 5.41) is 5.53. The van der Waals surface area contributed by atoms with Crippen LogP contribution >= 0.6 is 11.3 Å². The van der Waals surface area contributed by atoms with Crippen LogP contribution in [0, 0.1) is 0 Å². The quantitative estimate of drug-likeness (QED) is 0.609. The zero-order valence-electron chi connectivity index (χ0n) is 15.2. The predicted octanol–water partition coefficient (Wildman–Crippen LogP) is 4.59. The molecule has 0 bridgehead atoms. The monoisotopic (exact) mass is 380 g/mol. The Bertz CT molecular complexity index is 948. The Balaban J connectivity index is 1.67. The van der Waals surface area contributed by atoms with Gasteiger partial charge in [-0.15, -0.1) is 11.3 Å². The maximum Gasteiger partial charge on any atom is 0.230 e. The number of benzene rings is 2. The van der Waals surface area contributed by atoms with Crippen LogP contribution < -0.4 is 10.1 Å². The number of carbonyl (C=O) groups is 2. The number of amides is 1. The maximum atomic E-state index is 12.3. The second kappa shape index (κ2) is 8.60. The van der Waals surface area contributed by atoms with E-state index in [4.69, 9.17) is 4.74 Å². The van der Waals surface area contributed by atoms with Crippen molar-refractivity contribution in [2.45, 2.75) is 20.3 Å². The van der Waals surface area contributed by atoms with Gasteiger partial charge in [-0.3, -0.25) is 9.59 Å². The largest absolute Gasteiger partial charge is 0.494 e. The van der Waals surface area contributed by atoms with Gasteiger partial charge in [0.15, 0.2) is 5.78 Å². The van der Waals surface area contributed by atoms with Crippen LogP contribution in [0.15, 0.2) is 53.9 Å². The first-order valence-corrected chi connectivity index (χ1v) is 9.52. The first kappa shape index (κ1) is 18.8. The summed E-state index contributed by atoms with van der Waals surface area (Å²) in [4.78, 5) is 28.6. The van der Waals surface area contributed by atoms with Gasteiger partial charge >= 0.3 is 0 Å². The molecule has 1 N–H and O–H groups in total. The van der Waals surface area contributed by atoms with Crippen LogP contribution in [0.5, 0.6) is 5.75 Å². The summed E-state index contributed by atoms with van der Waals surface area (Å²) in [5.41, 5.74) is 2.70. The minimum atomic E-state index is -0.202. The highest BCUT2D eigenvalue weighted by Crippen LogP contribution is 2.26. The van der Waals surface area contributed by atoms with Gasteiger partial charge in [0.2, 0.25) is 5.91 Å². The number of rotatable bonds is 7. The fraction of sp³-hybridized carbons (Fsp3) is 0.190. The van der Waals surface area contributed by atoms with Crippen LogP contribution in [-0.4, -0.2) is 23.3 Å². The van der Waals surface area contributed by atoms with Gasteiger partial charge in [-0.25, -0.2) is 4.98 Å². The van der Waals surface area contributed by atoms with Gasteiger partial charge in [-0.2, -0.15) is 0 Å². The smallest absolute Gasteiger partial charge is 0.230 e. The Morgan fingerprint density at radius 1 is 1.11 bits per heavy atom. The normalized spacial score (nSPS) is 10.4. The number of aromatic nitrogens is 1. The van der Waals surface area contributed by atoms with E-state index in [1.165, 1.54) is 18.3 Å². The molecule has 0 atom stereocenters. The summed E-state index contributed by atoms with van der Waals surface area (Å²) >= 11 is 1.49. The molecule has 0 aliphatic carbocycles. The van der Waals surface area contributed by atoms with Gasteiger partial charge in [0, 0.05) is 16.5 Å². The van der Waals surface area contributed by atoms with Crippen molar-refractivity contribution in [2.75, 3.05) is 11.9 Å². The van der Waals surface area contributed by atoms with Gasteiger partial charge in [-0.05, 0) is 50.2 Å². The van der Waals surface area contributed by atoms with Gasteiger partial charge < -0.3 is 10.1 Å². The molecule has 0 unspecified atom stereocenters. The topological polar surface area (TPSA) is 68.3 Å². The SMILES string of the molecule is CCOc1ccc(-c2nc(CC(=O)Nc3ccccc3C(C)=O)cs2)cc1. The van der Waals surface area contributed by atoms with E-state index in [1.807, 2.05) is 36.6 Å². The van der Waals surface area contributed by atoms with Crippen LogP contribution in [0.3, 0.4) is 0 Å². The molecule has 0 aliphatic rings. The third kappa shape index (κ3) is 4.80. The van der Waals surface area contributed by atoms with Crippen molar-refractivity contribution in [3.63, 3.8) is 0 Å². The summed E-state index contributed by atoms with van der Waals surface area (Å²) in [6.45, 7) is 4.05. The molecule has 1 aromatic heterocycles. The fourth-order valence-corrected chi connectivity index (χ4v) is 3.47. The number of thiazole rings is 1. The molecule has 1 heterocycles. The van der Waals surface area contributed by atoms with Crippen LogP contribution in [0.2, 0.25) is 0 Å². The number of hydrogen-bond acceptors (Lipinski definition) is 5. The summed E-state index contributed by atoms with van der Waals surface area (Å²) < 4.78 is 5.44. The first-order valence-electron chi connectivity index (χ1n) is 8.64. The highest BCUT2D eigenvalue weighted by Gasteiger charge is 2.12. The van der Waals surface area contributed by atoms with Crippen LogP contribution in [0.25, 0.3) is 10.6 Å². The molecule has 0 saturated heterocycles. The molecule has 6 heteroatoms. The van der Waals surface area contributed by atoms with Gasteiger partial charge in [0.25, 0.3) is 0 Å². The number of para-hydroxylation sites is 1. The zero-order valence-corrected chi connectivity index (χ0v) is 16.0. The molecular weight excluding hydrogens is 360 g/mol. The number of ketones is 1. The molecule has 0 aliphatic heterocycles. The molecular formula is C21H20N2O3S. The molecule has 27 heavy (non-hydrogen) atoms. The molecule has 138 valence electrons. The van der Waals surface area contributed by atoms with Crippen molar-refractivity contribution >= 4 is 28.7 Å². The van der Waals surface area contributed by atoms with E-state index < -0.39 is 0 Å². The number of hydrogen-bond donors (Lipinski definition) is 1. The van der Waals surface area contributed by atoms with Crippen molar-refractivity contribution in [3.05, 3.63) is 65.2 Å². The standard InChI is InChI=1S/C21H20N2O3S/c1-3-26-17-10-8-15(9-11-17)21-22-16(13-27-21)12-20(25)23-19-7-5-4-6-18(19)14(2)24/h4-11,13H,3,12H2,1-2H3,(H,23,25). The lowest BCUT2D eigenvalue weighted by Crippen LogP contribution is -2.16. The number of nitrogens with zero attached hydrogens (tertiary/aromatic N) is 1. The lowest BCUT2D eigenvalue weighted by Gasteiger charge is -2.08. The number of anilines is 1. The predicted molar refractivity (Wildman–Crippen MR) is 107 cm³/mol. The minimum Gasteiger partial charge on any atom is -0.494 e. The van der Waals surface area contributed by atoms with Crippen LogP contribution in [0.4, 0.5) is 5.69 Å². The second-order valence-electron chi connectivity index (χ2n) is 5.93. The van der Waals surface area contributed by atoms with Gasteiger partial charge in [-0.1, -0.05) is 12.1 Å². The maximum absolute atomic E-state index is 12.3. The summed E-state index contributed by atoms with van der Waals surface area (Å²) in [7, 11) is 0. The Labute approximate surface area is 162 Å². The van der Waals surface area contributed by atoms with E-state index in [0.717, 1.165) is 16.3 Å². The van der Waals surface area contributed by atoms with E-state index in [0.29, 0.717) is 23.6 Å². The fourth-order valence-electron chi connectivity index (χ4n) is 2.64. The lowest BCUT2D eigenvalue weighted by molar-refractivity contribution is -0.115. The Morgan fingerprint density at radius 2 is 1.85 bits per heavy atom. The summed E-state index contributed by atoms with van der Waals surface area (Å²) in [6.07, 6.45) is 0.153. The van der Waals surface area contributed by atoms with Crippen molar-refractivity contribution in [2.24, 2.45) is 0 Å². The van der Waals surface area contributed by atoms with E-state index in [9.17, 15) is 9.59 Å². The van der Waals surface area contributed by atoms with Gasteiger partial charge in [0.05, 0.1) is 24.4 Å². The van der Waals surface area contributed by atoms with E-state index >= 15 is 0 Å². The lowest BCUT2D eigenvalue weighted by atomic mass is 10.1. The molecule has 0 saturated carbocycles. The number of ether oxygens (including phenoxy) is 1. The third-order valence-corrected chi connectivity index (χ3v) is 4.83. The number of nitrogens with one attached hydrogen (secondary N) is 1. The molecule has 1 amide bonds. The molecule has 0 spiro atoms. The molecule has 2 aromatic carbocycles. The number of carbonyl (C=O) groups excluding carboxylic acids is 2. The zero-order chi connectivity index (χ0) is 19.2. The average molecular weight is 380 g/mol. The van der Waals surface area contributed by atoms with Crippen molar-refractivity contribution < 1.29 is 14.3 Å². The second-order valence-corrected chi connectivity index (χ2v) is 6.79. The third-order valence-electron chi connectivity index (χ3n) is 3.89. The van der Waals surface area contributed by atoms with Crippen LogP contribution in [-0.2, 0) is 11.2 Å². The Kier molecular flexibility index (Phi) is 5.98. The summed E-state index contributed by atoms with van der Waals surface area (Å²) in [5.74, 6) is 0.533. The molecule has 0 radical (unpaired) electrons. The van der Waals surface area contributed by atoms with E-state index in [1.54, 1.807) is 24.3 Å². The highest BCUT2D eigenvalue weighted by molar-refractivity contribution is 7.13. The minimum absolute atomic E-state index is 0.0858. The van der Waals surface area contributed by atoms with E-state index in [2.05, 4.69) is 10.3 Å². The first-order chi connectivity index (χ1) is 13.1. The average Bonchev–Trinajstić information content (AvgIpc) is 3.11. The molecule has 3 aromatic rings. The number of Topliss-reactive ketones (excluding diaryl/α,β-unsaturated/α-hetero) is 1. The van der Waals surface area contributed by atoms with Crippen molar-refractivity contribution in [1.29, 1.82) is 0 Å². The van der Waals surface area contributed by atoms with Crippen molar-refractivity contribution in [3.8, 4) is 16.3 Å². The molecule has 0 fully saturated rings.